The van der Waals surface area contributed by atoms with Gasteiger partial charge in [0.1, 0.15) is 5.82 Å². The zero-order valence-electron chi connectivity index (χ0n) is 15.5. The van der Waals surface area contributed by atoms with E-state index in [1.54, 1.807) is 0 Å². The van der Waals surface area contributed by atoms with E-state index < -0.39 is 0 Å². The van der Waals surface area contributed by atoms with E-state index in [1.165, 1.54) is 29.7 Å². The average molecular weight is 349 g/mol. The molecule has 2 aliphatic rings. The number of rotatable bonds is 4. The molecule has 0 bridgehead atoms. The maximum atomic E-state index is 4.92. The third-order valence-corrected chi connectivity index (χ3v) is 5.13. The second-order valence-corrected chi connectivity index (χ2v) is 6.92. The molecule has 136 valence electrons. The van der Waals surface area contributed by atoms with Gasteiger partial charge in [-0.1, -0.05) is 18.2 Å². The van der Waals surface area contributed by atoms with Crippen LogP contribution in [0, 0.1) is 0 Å². The first-order valence-electron chi connectivity index (χ1n) is 9.69. The van der Waals surface area contributed by atoms with Crippen LogP contribution < -0.4 is 15.1 Å². The number of hydrogen-bond donors (Lipinski definition) is 1. The van der Waals surface area contributed by atoms with Gasteiger partial charge in [0.2, 0.25) is 0 Å². The highest BCUT2D eigenvalue weighted by Gasteiger charge is 2.22. The van der Waals surface area contributed by atoms with Crippen molar-refractivity contribution in [2.45, 2.75) is 32.7 Å². The van der Waals surface area contributed by atoms with Crippen LogP contribution in [-0.2, 0) is 13.0 Å². The molecule has 0 saturated carbocycles. The van der Waals surface area contributed by atoms with Gasteiger partial charge in [0.15, 0.2) is 5.96 Å². The van der Waals surface area contributed by atoms with E-state index in [0.717, 1.165) is 44.4 Å². The fourth-order valence-electron chi connectivity index (χ4n) is 3.80. The number of hydrogen-bond acceptors (Lipinski definition) is 3. The van der Waals surface area contributed by atoms with Crippen molar-refractivity contribution >= 4 is 17.5 Å². The number of anilines is 2. The number of fused-ring (bicyclic) bond motifs is 1. The molecule has 1 N–H and O–H groups in total. The lowest BCUT2D eigenvalue weighted by atomic mass is 10.2. The van der Waals surface area contributed by atoms with Gasteiger partial charge in [0.05, 0.1) is 6.54 Å². The number of benzene rings is 1. The summed E-state index contributed by atoms with van der Waals surface area (Å²) < 4.78 is 0. The average Bonchev–Trinajstić information content (AvgIpc) is 3.35. The summed E-state index contributed by atoms with van der Waals surface area (Å²) in [5, 5.41) is 3.46. The van der Waals surface area contributed by atoms with Crippen molar-refractivity contribution in [3.05, 3.63) is 53.7 Å². The van der Waals surface area contributed by atoms with E-state index in [4.69, 9.17) is 4.99 Å². The molecule has 26 heavy (non-hydrogen) atoms. The summed E-state index contributed by atoms with van der Waals surface area (Å²) in [6.07, 6.45) is 5.53. The van der Waals surface area contributed by atoms with Gasteiger partial charge in [0, 0.05) is 38.1 Å². The first-order chi connectivity index (χ1) is 12.8. The maximum Gasteiger partial charge on any atom is 0.198 e. The molecule has 0 unspecified atom stereocenters. The van der Waals surface area contributed by atoms with Crippen molar-refractivity contribution in [3.63, 3.8) is 0 Å². The van der Waals surface area contributed by atoms with E-state index in [2.05, 4.69) is 63.4 Å². The van der Waals surface area contributed by atoms with E-state index >= 15 is 0 Å². The van der Waals surface area contributed by atoms with Crippen molar-refractivity contribution in [1.29, 1.82) is 0 Å². The number of nitrogens with one attached hydrogen (secondary N) is 1. The second-order valence-electron chi connectivity index (χ2n) is 6.92. The van der Waals surface area contributed by atoms with Crippen molar-refractivity contribution in [1.82, 2.24) is 10.3 Å². The maximum absolute atomic E-state index is 4.92. The van der Waals surface area contributed by atoms with Gasteiger partial charge in [0.25, 0.3) is 0 Å². The summed E-state index contributed by atoms with van der Waals surface area (Å²) in [5.41, 5.74) is 3.89. The van der Waals surface area contributed by atoms with Gasteiger partial charge in [-0.15, -0.1) is 0 Å². The Bertz CT molecular complexity index is 779. The molecule has 1 saturated heterocycles. The van der Waals surface area contributed by atoms with Gasteiger partial charge in [-0.2, -0.15) is 0 Å². The Hall–Kier alpha value is -2.56. The van der Waals surface area contributed by atoms with Crippen LogP contribution in [0.1, 0.15) is 30.9 Å². The molecule has 1 fully saturated rings. The van der Waals surface area contributed by atoms with Gasteiger partial charge >= 0.3 is 0 Å². The molecule has 1 aromatic carbocycles. The SMILES string of the molecule is CCNC(=NCc1ccnc(N2CCCC2)c1)N1CCc2ccccc21. The van der Waals surface area contributed by atoms with Crippen LogP contribution in [0.25, 0.3) is 0 Å². The molecular formula is C21H27N5. The molecule has 0 aliphatic carbocycles. The molecule has 1 aromatic heterocycles. The van der Waals surface area contributed by atoms with Crippen LogP contribution in [0.15, 0.2) is 47.6 Å². The summed E-state index contributed by atoms with van der Waals surface area (Å²) in [7, 11) is 0. The van der Waals surface area contributed by atoms with Gasteiger partial charge in [-0.05, 0) is 55.5 Å². The third-order valence-electron chi connectivity index (χ3n) is 5.13. The van der Waals surface area contributed by atoms with Crippen molar-refractivity contribution in [2.24, 2.45) is 4.99 Å². The number of para-hydroxylation sites is 1. The van der Waals surface area contributed by atoms with Crippen molar-refractivity contribution < 1.29 is 0 Å². The first kappa shape index (κ1) is 16.9. The fraction of sp³-hybridized carbons (Fsp3) is 0.429. The molecule has 2 aromatic rings. The lowest BCUT2D eigenvalue weighted by Gasteiger charge is -2.22. The Kier molecular flexibility index (Phi) is 5.04. The Morgan fingerprint density at radius 1 is 1.15 bits per heavy atom. The minimum Gasteiger partial charge on any atom is -0.357 e. The summed E-state index contributed by atoms with van der Waals surface area (Å²) in [5.74, 6) is 2.06. The molecule has 0 amide bonds. The summed E-state index contributed by atoms with van der Waals surface area (Å²) in [6, 6.07) is 12.9. The molecular weight excluding hydrogens is 322 g/mol. The molecule has 5 nitrogen and oxygen atoms in total. The largest absolute Gasteiger partial charge is 0.357 e. The van der Waals surface area contributed by atoms with Crippen molar-refractivity contribution in [3.8, 4) is 0 Å². The monoisotopic (exact) mass is 349 g/mol. The highest BCUT2D eigenvalue weighted by atomic mass is 15.3. The van der Waals surface area contributed by atoms with Crippen LogP contribution in [0.2, 0.25) is 0 Å². The Balaban J connectivity index is 1.53. The molecule has 5 heteroatoms. The van der Waals surface area contributed by atoms with E-state index in [9.17, 15) is 0 Å². The predicted molar refractivity (Wildman–Crippen MR) is 108 cm³/mol. The normalized spacial score (nSPS) is 16.9. The molecule has 0 spiro atoms. The van der Waals surface area contributed by atoms with E-state index in [-0.39, 0.29) is 0 Å². The minimum absolute atomic E-state index is 0.671. The van der Waals surface area contributed by atoms with Crippen LogP contribution >= 0.6 is 0 Å². The zero-order valence-corrected chi connectivity index (χ0v) is 15.5. The topological polar surface area (TPSA) is 43.8 Å². The number of aliphatic imine (C=N–C) groups is 1. The third kappa shape index (κ3) is 3.52. The van der Waals surface area contributed by atoms with E-state index in [1.807, 2.05) is 6.20 Å². The Labute approximate surface area is 155 Å². The summed E-state index contributed by atoms with van der Waals surface area (Å²) >= 11 is 0. The standard InChI is InChI=1S/C21H27N5/c1-2-22-21(26-14-10-18-7-3-4-8-19(18)26)24-16-17-9-11-23-20(15-17)25-12-5-6-13-25/h3-4,7-9,11,15H,2,5-6,10,12-14,16H2,1H3,(H,22,24). The number of guanidine groups is 1. The van der Waals surface area contributed by atoms with E-state index in [0.29, 0.717) is 6.54 Å². The second kappa shape index (κ2) is 7.77. The van der Waals surface area contributed by atoms with Crippen molar-refractivity contribution in [2.75, 3.05) is 36.0 Å². The Morgan fingerprint density at radius 3 is 2.85 bits per heavy atom. The Morgan fingerprint density at radius 2 is 2.00 bits per heavy atom. The molecule has 2 aliphatic heterocycles. The quantitative estimate of drug-likeness (QED) is 0.680. The predicted octanol–water partition coefficient (Wildman–Crippen LogP) is 3.21. The van der Waals surface area contributed by atoms with Gasteiger partial charge < -0.3 is 15.1 Å². The minimum atomic E-state index is 0.671. The van der Waals surface area contributed by atoms with Crippen LogP contribution in [-0.4, -0.2) is 37.1 Å². The first-order valence-corrected chi connectivity index (χ1v) is 9.69. The lowest BCUT2D eigenvalue weighted by molar-refractivity contribution is 0.879. The van der Waals surface area contributed by atoms with Crippen LogP contribution in [0.3, 0.4) is 0 Å². The molecule has 0 atom stereocenters. The lowest BCUT2D eigenvalue weighted by Crippen LogP contribution is -2.40. The highest BCUT2D eigenvalue weighted by molar-refractivity contribution is 5.97. The van der Waals surface area contributed by atoms with Gasteiger partial charge in [-0.25, -0.2) is 9.98 Å². The number of aromatic nitrogens is 1. The summed E-state index contributed by atoms with van der Waals surface area (Å²) in [6.45, 7) is 6.88. The number of nitrogens with zero attached hydrogens (tertiary/aromatic N) is 4. The van der Waals surface area contributed by atoms with Gasteiger partial charge in [-0.3, -0.25) is 0 Å². The molecule has 4 rings (SSSR count). The number of pyridine rings is 1. The molecule has 3 heterocycles. The summed E-state index contributed by atoms with van der Waals surface area (Å²) in [4.78, 5) is 14.1. The zero-order chi connectivity index (χ0) is 17.8. The molecule has 0 radical (unpaired) electrons. The fourth-order valence-corrected chi connectivity index (χ4v) is 3.80. The van der Waals surface area contributed by atoms with Crippen LogP contribution in [0.5, 0.6) is 0 Å². The highest BCUT2D eigenvalue weighted by Crippen LogP contribution is 2.27. The smallest absolute Gasteiger partial charge is 0.198 e. The van der Waals surface area contributed by atoms with Crippen LogP contribution in [0.4, 0.5) is 11.5 Å².